The second-order valence-electron chi connectivity index (χ2n) is 8.14. The summed E-state index contributed by atoms with van der Waals surface area (Å²) < 4.78 is 9.94. The molecule has 8 nitrogen and oxygen atoms in total. The summed E-state index contributed by atoms with van der Waals surface area (Å²) in [5, 5.41) is 2.86. The summed E-state index contributed by atoms with van der Waals surface area (Å²) in [5.41, 5.74) is 10.0. The molecule has 0 radical (unpaired) electrons. The van der Waals surface area contributed by atoms with Crippen molar-refractivity contribution in [3.05, 3.63) is 65.2 Å². The van der Waals surface area contributed by atoms with E-state index in [1.807, 2.05) is 29.2 Å². The van der Waals surface area contributed by atoms with Gasteiger partial charge < -0.3 is 19.7 Å². The van der Waals surface area contributed by atoms with Gasteiger partial charge in [-0.2, -0.15) is 0 Å². The van der Waals surface area contributed by atoms with E-state index in [1.165, 1.54) is 12.7 Å². The fourth-order valence-corrected chi connectivity index (χ4v) is 3.96. The van der Waals surface area contributed by atoms with E-state index in [9.17, 15) is 9.59 Å². The number of rotatable bonds is 10. The van der Waals surface area contributed by atoms with Crippen LogP contribution in [0.3, 0.4) is 0 Å². The summed E-state index contributed by atoms with van der Waals surface area (Å²) >= 11 is 0. The molecule has 0 aromatic heterocycles. The van der Waals surface area contributed by atoms with Gasteiger partial charge >= 0.3 is 12.0 Å². The molecule has 0 bridgehead atoms. The Bertz CT molecular complexity index is 902. The minimum absolute atomic E-state index is 0.0590. The lowest BCUT2D eigenvalue weighted by Crippen LogP contribution is -2.43. The summed E-state index contributed by atoms with van der Waals surface area (Å²) in [6, 6.07) is 16.2. The maximum absolute atomic E-state index is 13.1. The Hall–Kier alpha value is -3.10. The molecule has 8 heteroatoms. The molecule has 1 aliphatic heterocycles. The highest BCUT2D eigenvalue weighted by Gasteiger charge is 2.31. The number of hydrogen-bond acceptors (Lipinski definition) is 6. The number of carbonyl (C=O) groups excluding carboxylic acids is 2. The van der Waals surface area contributed by atoms with Crippen LogP contribution in [0.25, 0.3) is 0 Å². The normalized spacial score (nSPS) is 17.4. The smallest absolute Gasteiger partial charge is 0.317 e. The number of ether oxygens (including phenoxy) is 2. The molecule has 178 valence electrons. The fourth-order valence-electron chi connectivity index (χ4n) is 3.96. The first-order chi connectivity index (χ1) is 16.0. The topological polar surface area (TPSA) is 91.9 Å². The summed E-state index contributed by atoms with van der Waals surface area (Å²) in [6.07, 6.45) is 1.11. The van der Waals surface area contributed by atoms with Gasteiger partial charge in [0.25, 0.3) is 0 Å². The molecule has 0 saturated carbocycles. The van der Waals surface area contributed by atoms with Gasteiger partial charge in [-0.05, 0) is 35.2 Å². The third kappa shape index (κ3) is 6.94. The van der Waals surface area contributed by atoms with Crippen LogP contribution in [0.2, 0.25) is 0 Å². The van der Waals surface area contributed by atoms with Crippen molar-refractivity contribution >= 4 is 12.0 Å². The van der Waals surface area contributed by atoms with Crippen molar-refractivity contribution in [1.29, 1.82) is 0 Å². The predicted octanol–water partition coefficient (Wildman–Crippen LogP) is 2.80. The lowest BCUT2D eigenvalue weighted by atomic mass is 9.94. The highest BCUT2D eigenvalue weighted by molar-refractivity contribution is 5.75. The standard InChI is InChI=1S/C25H34N4O4/c1-4-18-5-7-19(8-6-18)16-29(25(31)26-14-13-23(30)33-3)17-21-15-27-28-24(21)20-9-11-22(32-2)12-10-20/h5-12,21,24,27-28H,4,13-17H2,1-3H3,(H,26,31). The predicted molar refractivity (Wildman–Crippen MR) is 127 cm³/mol. The molecule has 2 atom stereocenters. The van der Waals surface area contributed by atoms with E-state index in [-0.39, 0.29) is 36.9 Å². The Morgan fingerprint density at radius 2 is 1.76 bits per heavy atom. The second-order valence-corrected chi connectivity index (χ2v) is 8.14. The van der Waals surface area contributed by atoms with Crippen molar-refractivity contribution in [3.8, 4) is 5.75 Å². The molecular formula is C25H34N4O4. The van der Waals surface area contributed by atoms with Gasteiger partial charge in [-0.3, -0.25) is 10.2 Å². The third-order valence-corrected chi connectivity index (χ3v) is 5.95. The summed E-state index contributed by atoms with van der Waals surface area (Å²) in [5.74, 6) is 0.629. The Morgan fingerprint density at radius 1 is 1.06 bits per heavy atom. The minimum atomic E-state index is -0.347. The average molecular weight is 455 g/mol. The zero-order valence-electron chi connectivity index (χ0n) is 19.6. The average Bonchev–Trinajstić information content (AvgIpc) is 3.32. The SMILES string of the molecule is CCc1ccc(CN(CC2CNNC2c2ccc(OC)cc2)C(=O)NCCC(=O)OC)cc1. The largest absolute Gasteiger partial charge is 0.497 e. The van der Waals surface area contributed by atoms with Crippen LogP contribution in [-0.2, 0) is 22.5 Å². The molecule has 3 N–H and O–H groups in total. The summed E-state index contributed by atoms with van der Waals surface area (Å²) in [7, 11) is 2.99. The van der Waals surface area contributed by atoms with Crippen LogP contribution >= 0.6 is 0 Å². The van der Waals surface area contributed by atoms with Crippen molar-refractivity contribution in [3.63, 3.8) is 0 Å². The fraction of sp³-hybridized carbons (Fsp3) is 0.440. The van der Waals surface area contributed by atoms with E-state index >= 15 is 0 Å². The molecule has 2 aromatic rings. The zero-order valence-corrected chi connectivity index (χ0v) is 19.6. The van der Waals surface area contributed by atoms with Gasteiger partial charge in [0.2, 0.25) is 0 Å². The van der Waals surface area contributed by atoms with Gasteiger partial charge in [-0.25, -0.2) is 10.2 Å². The van der Waals surface area contributed by atoms with E-state index < -0.39 is 0 Å². The van der Waals surface area contributed by atoms with Crippen molar-refractivity contribution < 1.29 is 19.1 Å². The number of benzene rings is 2. The van der Waals surface area contributed by atoms with Crippen LogP contribution in [0.5, 0.6) is 5.75 Å². The number of nitrogens with one attached hydrogen (secondary N) is 3. The van der Waals surface area contributed by atoms with Gasteiger partial charge in [-0.15, -0.1) is 0 Å². The Morgan fingerprint density at radius 3 is 2.39 bits per heavy atom. The lowest BCUT2D eigenvalue weighted by Gasteiger charge is -2.28. The van der Waals surface area contributed by atoms with E-state index in [0.717, 1.165) is 29.8 Å². The molecule has 3 rings (SSSR count). The zero-order chi connectivity index (χ0) is 23.6. The molecule has 2 amide bonds. The molecular weight excluding hydrogens is 420 g/mol. The van der Waals surface area contributed by atoms with Gasteiger partial charge in [-0.1, -0.05) is 43.3 Å². The third-order valence-electron chi connectivity index (χ3n) is 5.95. The number of carbonyl (C=O) groups is 2. The first kappa shape index (κ1) is 24.5. The van der Waals surface area contributed by atoms with E-state index in [0.29, 0.717) is 13.1 Å². The van der Waals surface area contributed by atoms with Crippen LogP contribution in [-0.4, -0.2) is 50.8 Å². The van der Waals surface area contributed by atoms with E-state index in [2.05, 4.69) is 52.1 Å². The summed E-state index contributed by atoms with van der Waals surface area (Å²) in [6.45, 7) is 4.13. The van der Waals surface area contributed by atoms with Crippen LogP contribution in [0.15, 0.2) is 48.5 Å². The van der Waals surface area contributed by atoms with Gasteiger partial charge in [0.15, 0.2) is 0 Å². The number of urea groups is 1. The summed E-state index contributed by atoms with van der Waals surface area (Å²) in [4.78, 5) is 26.3. The second kappa shape index (κ2) is 12.2. The monoisotopic (exact) mass is 454 g/mol. The number of aryl methyl sites for hydroxylation is 1. The molecule has 33 heavy (non-hydrogen) atoms. The molecule has 0 spiro atoms. The highest BCUT2D eigenvalue weighted by atomic mass is 16.5. The van der Waals surface area contributed by atoms with Crippen molar-refractivity contribution in [2.75, 3.05) is 33.9 Å². The molecule has 2 unspecified atom stereocenters. The van der Waals surface area contributed by atoms with E-state index in [1.54, 1.807) is 7.11 Å². The Labute approximate surface area is 195 Å². The molecule has 1 fully saturated rings. The number of amides is 2. The number of hydrazine groups is 1. The maximum Gasteiger partial charge on any atom is 0.317 e. The highest BCUT2D eigenvalue weighted by Crippen LogP contribution is 2.27. The van der Waals surface area contributed by atoms with E-state index in [4.69, 9.17) is 4.74 Å². The molecule has 1 heterocycles. The van der Waals surface area contributed by atoms with Gasteiger partial charge in [0.05, 0.1) is 26.7 Å². The van der Waals surface area contributed by atoms with Gasteiger partial charge in [0, 0.05) is 32.1 Å². The van der Waals surface area contributed by atoms with Crippen molar-refractivity contribution in [2.45, 2.75) is 32.4 Å². The Kier molecular flexibility index (Phi) is 9.09. The van der Waals surface area contributed by atoms with Crippen LogP contribution in [0.1, 0.15) is 36.1 Å². The first-order valence-electron chi connectivity index (χ1n) is 11.3. The lowest BCUT2D eigenvalue weighted by molar-refractivity contribution is -0.140. The number of methoxy groups -OCH3 is 2. The molecule has 0 aliphatic carbocycles. The molecule has 1 aliphatic rings. The number of hydrogen-bond donors (Lipinski definition) is 3. The van der Waals surface area contributed by atoms with Crippen LogP contribution in [0.4, 0.5) is 4.79 Å². The minimum Gasteiger partial charge on any atom is -0.497 e. The number of esters is 1. The first-order valence-corrected chi connectivity index (χ1v) is 11.3. The van der Waals surface area contributed by atoms with Gasteiger partial charge in [0.1, 0.15) is 5.75 Å². The van der Waals surface area contributed by atoms with Crippen molar-refractivity contribution in [1.82, 2.24) is 21.1 Å². The Balaban J connectivity index is 1.72. The molecule has 1 saturated heterocycles. The van der Waals surface area contributed by atoms with Crippen LogP contribution in [0, 0.1) is 5.92 Å². The van der Waals surface area contributed by atoms with Crippen LogP contribution < -0.4 is 20.9 Å². The maximum atomic E-state index is 13.1. The molecule has 2 aromatic carbocycles. The number of nitrogens with zero attached hydrogens (tertiary/aromatic N) is 1. The quantitative estimate of drug-likeness (QED) is 0.478. The van der Waals surface area contributed by atoms with Crippen molar-refractivity contribution in [2.24, 2.45) is 5.92 Å².